The van der Waals surface area contributed by atoms with Crippen LogP contribution in [-0.2, 0) is 9.47 Å². The fourth-order valence-corrected chi connectivity index (χ4v) is 3.13. The lowest BCUT2D eigenvalue weighted by Gasteiger charge is -2.16. The first-order chi connectivity index (χ1) is 16.2. The minimum atomic E-state index is -0.790. The quantitative estimate of drug-likeness (QED) is 0.507. The lowest BCUT2D eigenvalue weighted by molar-refractivity contribution is 0.0600. The molecule has 10 heteroatoms. The van der Waals surface area contributed by atoms with Gasteiger partial charge in [0.05, 0.1) is 25.1 Å². The Morgan fingerprint density at radius 1 is 1.17 bits per heavy atom. The van der Waals surface area contributed by atoms with Crippen LogP contribution in [-0.4, -0.2) is 41.5 Å². The number of halogens is 1. The van der Waals surface area contributed by atoms with Crippen molar-refractivity contribution in [3.63, 3.8) is 0 Å². The van der Waals surface area contributed by atoms with Crippen molar-refractivity contribution < 1.29 is 28.2 Å². The molecule has 0 aliphatic carbocycles. The molecule has 9 nitrogen and oxygen atoms in total. The Kier molecular flexibility index (Phi) is 11.4. The van der Waals surface area contributed by atoms with Gasteiger partial charge in [-0.05, 0) is 64.2 Å². The number of amides is 2. The van der Waals surface area contributed by atoms with Crippen LogP contribution in [0.2, 0.25) is 0 Å². The van der Waals surface area contributed by atoms with Crippen LogP contribution in [0.3, 0.4) is 0 Å². The molecule has 0 aliphatic rings. The molecule has 2 aromatic heterocycles. The number of primary amides is 1. The Bertz CT molecular complexity index is 992. The van der Waals surface area contributed by atoms with Gasteiger partial charge in [0.2, 0.25) is 0 Å². The number of methoxy groups -OCH3 is 1. The maximum atomic E-state index is 14.7. The third-order valence-corrected chi connectivity index (χ3v) is 4.41. The van der Waals surface area contributed by atoms with Crippen molar-refractivity contribution in [1.29, 1.82) is 0 Å². The number of ether oxygens (including phenoxy) is 3. The number of carbonyl (C=O) groups is 2. The number of aromatic nitrogens is 2. The van der Waals surface area contributed by atoms with E-state index in [2.05, 4.69) is 45.5 Å². The Hall–Kier alpha value is -3.43. The van der Waals surface area contributed by atoms with E-state index >= 15 is 0 Å². The molecule has 0 bridgehead atoms. The minimum absolute atomic E-state index is 0.207. The molecule has 2 rings (SSSR count). The van der Waals surface area contributed by atoms with E-state index in [1.54, 1.807) is 32.9 Å². The van der Waals surface area contributed by atoms with Crippen LogP contribution in [0.4, 0.5) is 19.8 Å². The van der Waals surface area contributed by atoms with Crippen LogP contribution in [0.1, 0.15) is 53.7 Å². The third-order valence-electron chi connectivity index (χ3n) is 4.41. The molecule has 0 saturated heterocycles. The number of nitrogens with zero attached hydrogens (tertiary/aromatic N) is 2. The Morgan fingerprint density at radius 2 is 1.83 bits per heavy atom. The van der Waals surface area contributed by atoms with E-state index in [1.807, 2.05) is 6.92 Å². The molecule has 3 N–H and O–H groups in total. The van der Waals surface area contributed by atoms with Gasteiger partial charge in [-0.25, -0.2) is 23.9 Å². The van der Waals surface area contributed by atoms with Gasteiger partial charge in [-0.2, -0.15) is 0 Å². The first-order valence-electron chi connectivity index (χ1n) is 11.3. The Morgan fingerprint density at radius 3 is 2.31 bits per heavy atom. The van der Waals surface area contributed by atoms with Crippen LogP contribution < -0.4 is 15.8 Å². The lowest BCUT2D eigenvalue weighted by Crippen LogP contribution is -2.27. The number of rotatable bonds is 7. The summed E-state index contributed by atoms with van der Waals surface area (Å²) >= 11 is 0. The van der Waals surface area contributed by atoms with Gasteiger partial charge in [0.15, 0.2) is 11.6 Å². The summed E-state index contributed by atoms with van der Waals surface area (Å²) in [5.74, 6) is 0.855. The van der Waals surface area contributed by atoms with Gasteiger partial charge in [-0.1, -0.05) is 20.8 Å². The highest BCUT2D eigenvalue weighted by Crippen LogP contribution is 2.28. The largest absolute Gasteiger partial charge is 0.491 e. The van der Waals surface area contributed by atoms with Gasteiger partial charge in [-0.15, -0.1) is 0 Å². The molecule has 0 aromatic carbocycles. The van der Waals surface area contributed by atoms with Gasteiger partial charge < -0.3 is 19.9 Å². The highest BCUT2D eigenvalue weighted by molar-refractivity contribution is 5.84. The van der Waals surface area contributed by atoms with Crippen molar-refractivity contribution in [3.8, 4) is 17.0 Å². The van der Waals surface area contributed by atoms with Gasteiger partial charge in [0, 0.05) is 11.8 Å². The van der Waals surface area contributed by atoms with Crippen molar-refractivity contribution in [2.45, 2.75) is 60.5 Å². The molecule has 0 spiro atoms. The summed E-state index contributed by atoms with van der Waals surface area (Å²) in [6.45, 7) is 14.2. The number of hydrogen-bond donors (Lipinski definition) is 2. The lowest BCUT2D eigenvalue weighted by atomic mass is 10.00. The van der Waals surface area contributed by atoms with Crippen LogP contribution >= 0.6 is 0 Å². The van der Waals surface area contributed by atoms with E-state index in [4.69, 9.17) is 10.5 Å². The zero-order valence-corrected chi connectivity index (χ0v) is 21.8. The summed E-state index contributed by atoms with van der Waals surface area (Å²) in [7, 11) is 1.20. The van der Waals surface area contributed by atoms with Crippen LogP contribution in [0.15, 0.2) is 24.4 Å². The average Bonchev–Trinajstić information content (AvgIpc) is 2.72. The normalized spacial score (nSPS) is 11.7. The van der Waals surface area contributed by atoms with Crippen molar-refractivity contribution in [1.82, 2.24) is 9.97 Å². The smallest absolute Gasteiger partial charge is 0.412 e. The van der Waals surface area contributed by atoms with E-state index in [9.17, 15) is 14.0 Å². The van der Waals surface area contributed by atoms with Crippen molar-refractivity contribution in [2.75, 3.05) is 19.0 Å². The van der Waals surface area contributed by atoms with E-state index in [-0.39, 0.29) is 11.4 Å². The maximum Gasteiger partial charge on any atom is 0.412 e. The molecule has 2 heterocycles. The molecule has 2 amide bonds. The van der Waals surface area contributed by atoms with Gasteiger partial charge in [0.1, 0.15) is 11.4 Å². The molecule has 194 valence electrons. The summed E-state index contributed by atoms with van der Waals surface area (Å²) in [6, 6.07) is 4.98. The summed E-state index contributed by atoms with van der Waals surface area (Å²) in [5, 5.41) is 2.24. The SMILES string of the molecule is CC(C)(C)OC(N)=O.COC(=O)Nc1nccc(-c2ccc(OCC(C)CC(C)C)c(C)n2)c1F. The Balaban J connectivity index is 0.000000658. The molecule has 0 saturated carbocycles. The van der Waals surface area contributed by atoms with Crippen LogP contribution in [0, 0.1) is 24.6 Å². The zero-order chi connectivity index (χ0) is 26.8. The highest BCUT2D eigenvalue weighted by Gasteiger charge is 2.16. The standard InChI is InChI=1S/C20H26FN3O3.C5H11NO2/c1-12(2)10-13(3)11-27-17-7-6-16(23-14(17)4)15-8-9-22-19(18(15)21)24-20(25)26-5;1-5(2,3)8-4(6)7/h6-9,12-13H,10-11H2,1-5H3,(H,22,24,25);1-3H3,(H2,6,7). The van der Waals surface area contributed by atoms with Gasteiger partial charge in [0.25, 0.3) is 0 Å². The predicted octanol–water partition coefficient (Wildman–Crippen LogP) is 5.71. The van der Waals surface area contributed by atoms with Crippen LogP contribution in [0.25, 0.3) is 11.3 Å². The highest BCUT2D eigenvalue weighted by atomic mass is 19.1. The molecule has 0 fully saturated rings. The fraction of sp³-hybridized carbons (Fsp3) is 0.520. The maximum absolute atomic E-state index is 14.7. The summed E-state index contributed by atoms with van der Waals surface area (Å²) in [6.07, 6.45) is 0.973. The Labute approximate surface area is 206 Å². The van der Waals surface area contributed by atoms with Crippen LogP contribution in [0.5, 0.6) is 5.75 Å². The van der Waals surface area contributed by atoms with Gasteiger partial charge in [-0.3, -0.25) is 5.32 Å². The summed E-state index contributed by atoms with van der Waals surface area (Å²) in [4.78, 5) is 29.6. The van der Waals surface area contributed by atoms with E-state index < -0.39 is 23.6 Å². The van der Waals surface area contributed by atoms with Gasteiger partial charge >= 0.3 is 12.2 Å². The summed E-state index contributed by atoms with van der Waals surface area (Å²) in [5.41, 5.74) is 5.60. The molecule has 1 atom stereocenters. The van der Waals surface area contributed by atoms with Crippen molar-refractivity contribution in [2.24, 2.45) is 17.6 Å². The number of pyridine rings is 2. The second-order valence-corrected chi connectivity index (χ2v) is 9.50. The first-order valence-corrected chi connectivity index (χ1v) is 11.3. The van der Waals surface area contributed by atoms with E-state index in [0.717, 1.165) is 6.42 Å². The second-order valence-electron chi connectivity index (χ2n) is 9.50. The number of aryl methyl sites for hydroxylation is 1. The molecule has 1 unspecified atom stereocenters. The topological polar surface area (TPSA) is 126 Å². The molecule has 2 aromatic rings. The number of anilines is 1. The second kappa shape index (κ2) is 13.5. The first kappa shape index (κ1) is 29.6. The number of hydrogen-bond acceptors (Lipinski definition) is 7. The minimum Gasteiger partial charge on any atom is -0.491 e. The number of nitrogens with two attached hydrogens (primary N) is 1. The number of nitrogens with one attached hydrogen (secondary N) is 1. The predicted molar refractivity (Wildman–Crippen MR) is 133 cm³/mol. The molecule has 35 heavy (non-hydrogen) atoms. The summed E-state index contributed by atoms with van der Waals surface area (Å²) < 4.78 is 29.6. The molecular weight excluding hydrogens is 455 g/mol. The monoisotopic (exact) mass is 492 g/mol. The average molecular weight is 493 g/mol. The van der Waals surface area contributed by atoms with E-state index in [0.29, 0.717) is 35.6 Å². The van der Waals surface area contributed by atoms with Crippen molar-refractivity contribution >= 4 is 18.0 Å². The van der Waals surface area contributed by atoms with Crippen molar-refractivity contribution in [3.05, 3.63) is 35.9 Å². The molecule has 0 radical (unpaired) electrons. The molecule has 0 aliphatic heterocycles. The molecular formula is C25H37FN4O5. The third kappa shape index (κ3) is 11.0. The fourth-order valence-electron chi connectivity index (χ4n) is 3.13. The number of carbonyl (C=O) groups excluding carboxylic acids is 2. The van der Waals surface area contributed by atoms with E-state index in [1.165, 1.54) is 19.4 Å². The zero-order valence-electron chi connectivity index (χ0n) is 21.8.